The standard InChI is InChI=1S/C18H19NO4S/c1-18(20,12-15-8-5-11-23-15)13-19-24(21,22)17-10-4-7-14-6-2-3-9-16(14)17/h2-11,19-20H,12-13H2,1H3. The van der Waals surface area contributed by atoms with Crippen LogP contribution in [-0.2, 0) is 16.4 Å². The summed E-state index contributed by atoms with van der Waals surface area (Å²) in [4.78, 5) is 0.203. The monoisotopic (exact) mass is 345 g/mol. The first-order valence-electron chi connectivity index (χ1n) is 7.60. The van der Waals surface area contributed by atoms with Gasteiger partial charge in [0.2, 0.25) is 10.0 Å². The highest BCUT2D eigenvalue weighted by atomic mass is 32.2. The molecule has 1 atom stereocenters. The minimum absolute atomic E-state index is 0.112. The Hall–Kier alpha value is -2.15. The van der Waals surface area contributed by atoms with E-state index in [0.29, 0.717) is 11.1 Å². The summed E-state index contributed by atoms with van der Waals surface area (Å²) in [5.74, 6) is 0.601. The molecule has 1 unspecified atom stereocenters. The fourth-order valence-electron chi connectivity index (χ4n) is 2.61. The fraction of sp³-hybridized carbons (Fsp3) is 0.222. The van der Waals surface area contributed by atoms with E-state index in [0.717, 1.165) is 5.39 Å². The molecule has 0 saturated heterocycles. The second-order valence-electron chi connectivity index (χ2n) is 6.05. The number of hydrogen-bond acceptors (Lipinski definition) is 4. The first-order valence-corrected chi connectivity index (χ1v) is 9.08. The van der Waals surface area contributed by atoms with E-state index in [-0.39, 0.29) is 17.9 Å². The van der Waals surface area contributed by atoms with Gasteiger partial charge in [-0.15, -0.1) is 0 Å². The zero-order valence-corrected chi connectivity index (χ0v) is 14.1. The Bertz CT molecular complexity index is 925. The van der Waals surface area contributed by atoms with E-state index in [9.17, 15) is 13.5 Å². The van der Waals surface area contributed by atoms with Gasteiger partial charge in [0.25, 0.3) is 0 Å². The van der Waals surface area contributed by atoms with E-state index < -0.39 is 15.6 Å². The van der Waals surface area contributed by atoms with E-state index in [1.165, 1.54) is 6.26 Å². The highest BCUT2D eigenvalue weighted by Crippen LogP contribution is 2.23. The molecule has 1 heterocycles. The Morgan fingerprint density at radius 1 is 1.08 bits per heavy atom. The van der Waals surface area contributed by atoms with Crippen molar-refractivity contribution in [1.29, 1.82) is 0 Å². The number of sulfonamides is 1. The van der Waals surface area contributed by atoms with Gasteiger partial charge in [0, 0.05) is 18.4 Å². The van der Waals surface area contributed by atoms with Crippen LogP contribution >= 0.6 is 0 Å². The highest BCUT2D eigenvalue weighted by Gasteiger charge is 2.26. The van der Waals surface area contributed by atoms with Crippen LogP contribution < -0.4 is 4.72 Å². The molecular weight excluding hydrogens is 326 g/mol. The van der Waals surface area contributed by atoms with Crippen LogP contribution in [0.25, 0.3) is 10.8 Å². The summed E-state index contributed by atoms with van der Waals surface area (Å²) in [7, 11) is -3.74. The molecule has 6 heteroatoms. The van der Waals surface area contributed by atoms with Crippen molar-refractivity contribution < 1.29 is 17.9 Å². The van der Waals surface area contributed by atoms with Gasteiger partial charge in [-0.1, -0.05) is 36.4 Å². The maximum atomic E-state index is 12.6. The van der Waals surface area contributed by atoms with E-state index in [4.69, 9.17) is 4.42 Å². The number of nitrogens with one attached hydrogen (secondary N) is 1. The van der Waals surface area contributed by atoms with E-state index in [2.05, 4.69) is 4.72 Å². The molecule has 0 aliphatic heterocycles. The molecule has 0 fully saturated rings. The molecule has 2 N–H and O–H groups in total. The minimum Gasteiger partial charge on any atom is -0.469 e. The van der Waals surface area contributed by atoms with Gasteiger partial charge in [0.1, 0.15) is 5.76 Å². The third-order valence-electron chi connectivity index (χ3n) is 3.82. The molecule has 0 aliphatic carbocycles. The van der Waals surface area contributed by atoms with Gasteiger partial charge in [0.15, 0.2) is 0 Å². The van der Waals surface area contributed by atoms with Gasteiger partial charge >= 0.3 is 0 Å². The molecule has 0 saturated carbocycles. The normalized spacial score (nSPS) is 14.6. The largest absolute Gasteiger partial charge is 0.469 e. The van der Waals surface area contributed by atoms with Crippen molar-refractivity contribution in [2.24, 2.45) is 0 Å². The smallest absolute Gasteiger partial charge is 0.241 e. The zero-order valence-electron chi connectivity index (χ0n) is 13.3. The average molecular weight is 345 g/mol. The third-order valence-corrected chi connectivity index (χ3v) is 5.28. The van der Waals surface area contributed by atoms with Gasteiger partial charge in [-0.3, -0.25) is 0 Å². The molecule has 2 aromatic carbocycles. The number of fused-ring (bicyclic) bond motifs is 1. The maximum Gasteiger partial charge on any atom is 0.241 e. The summed E-state index contributed by atoms with van der Waals surface area (Å²) in [6.45, 7) is 1.46. The quantitative estimate of drug-likeness (QED) is 0.720. The van der Waals surface area contributed by atoms with Gasteiger partial charge < -0.3 is 9.52 Å². The van der Waals surface area contributed by atoms with Crippen molar-refractivity contribution in [3.05, 3.63) is 66.6 Å². The number of hydrogen-bond donors (Lipinski definition) is 2. The summed E-state index contributed by atoms with van der Waals surface area (Å²) < 4.78 is 33.0. The number of aliphatic hydroxyl groups is 1. The van der Waals surface area contributed by atoms with Crippen molar-refractivity contribution in [3.63, 3.8) is 0 Å². The van der Waals surface area contributed by atoms with Crippen LogP contribution in [0.1, 0.15) is 12.7 Å². The minimum atomic E-state index is -3.74. The van der Waals surface area contributed by atoms with Crippen molar-refractivity contribution in [3.8, 4) is 0 Å². The van der Waals surface area contributed by atoms with E-state index in [1.807, 2.05) is 18.2 Å². The second kappa shape index (κ2) is 6.39. The Morgan fingerprint density at radius 3 is 2.58 bits per heavy atom. The lowest BCUT2D eigenvalue weighted by Gasteiger charge is -2.22. The highest BCUT2D eigenvalue weighted by molar-refractivity contribution is 7.89. The van der Waals surface area contributed by atoms with Gasteiger partial charge in [-0.25, -0.2) is 13.1 Å². The predicted molar refractivity (Wildman–Crippen MR) is 92.2 cm³/mol. The van der Waals surface area contributed by atoms with Crippen LogP contribution in [0.3, 0.4) is 0 Å². The molecule has 0 bridgehead atoms. The van der Waals surface area contributed by atoms with Crippen molar-refractivity contribution in [2.75, 3.05) is 6.54 Å². The first kappa shape index (κ1) is 16.7. The van der Waals surface area contributed by atoms with E-state index >= 15 is 0 Å². The topological polar surface area (TPSA) is 79.5 Å². The Morgan fingerprint density at radius 2 is 1.83 bits per heavy atom. The van der Waals surface area contributed by atoms with E-state index in [1.54, 1.807) is 43.3 Å². The molecule has 24 heavy (non-hydrogen) atoms. The van der Waals surface area contributed by atoms with Crippen LogP contribution in [0, 0.1) is 0 Å². The SMILES string of the molecule is CC(O)(CNS(=O)(=O)c1cccc2ccccc12)Cc1ccco1. The van der Waals surface area contributed by atoms with Gasteiger partial charge in [-0.05, 0) is 30.5 Å². The van der Waals surface area contributed by atoms with Crippen LogP contribution in [0.5, 0.6) is 0 Å². The summed E-state index contributed by atoms with van der Waals surface area (Å²) in [6.07, 6.45) is 1.74. The maximum absolute atomic E-state index is 12.6. The third kappa shape index (κ3) is 3.67. The molecule has 0 radical (unpaired) electrons. The second-order valence-corrected chi connectivity index (χ2v) is 7.79. The fourth-order valence-corrected chi connectivity index (χ4v) is 4.00. The van der Waals surface area contributed by atoms with Crippen molar-refractivity contribution in [1.82, 2.24) is 4.72 Å². The molecular formula is C18H19NO4S. The molecule has 3 aromatic rings. The lowest BCUT2D eigenvalue weighted by atomic mass is 10.0. The van der Waals surface area contributed by atoms with Crippen molar-refractivity contribution in [2.45, 2.75) is 23.8 Å². The number of furan rings is 1. The molecule has 0 spiro atoms. The van der Waals surface area contributed by atoms with Crippen LogP contribution in [0.15, 0.2) is 70.2 Å². The summed E-state index contributed by atoms with van der Waals surface area (Å²) >= 11 is 0. The first-order chi connectivity index (χ1) is 11.4. The van der Waals surface area contributed by atoms with Gasteiger partial charge in [-0.2, -0.15) is 0 Å². The molecule has 126 valence electrons. The lowest BCUT2D eigenvalue weighted by molar-refractivity contribution is 0.0603. The average Bonchev–Trinajstić information content (AvgIpc) is 3.05. The summed E-state index contributed by atoms with van der Waals surface area (Å²) in [5.41, 5.74) is -1.25. The predicted octanol–water partition coefficient (Wildman–Crippen LogP) is 2.70. The van der Waals surface area contributed by atoms with Crippen molar-refractivity contribution >= 4 is 20.8 Å². The number of rotatable bonds is 6. The van der Waals surface area contributed by atoms with Crippen LogP contribution in [0.2, 0.25) is 0 Å². The molecule has 0 amide bonds. The molecule has 3 rings (SSSR count). The summed E-state index contributed by atoms with van der Waals surface area (Å²) in [6, 6.07) is 15.9. The van der Waals surface area contributed by atoms with Crippen LogP contribution in [-0.4, -0.2) is 25.7 Å². The lowest BCUT2D eigenvalue weighted by Crippen LogP contribution is -2.42. The summed E-state index contributed by atoms with van der Waals surface area (Å²) in [5, 5.41) is 11.9. The van der Waals surface area contributed by atoms with Crippen LogP contribution in [0.4, 0.5) is 0 Å². The Labute approximate surface area is 141 Å². The molecule has 5 nitrogen and oxygen atoms in total. The van der Waals surface area contributed by atoms with Gasteiger partial charge in [0.05, 0.1) is 16.8 Å². The molecule has 0 aliphatic rings. The Balaban J connectivity index is 1.80. The Kier molecular flexibility index (Phi) is 4.45. The molecule has 1 aromatic heterocycles. The number of benzene rings is 2. The zero-order chi connectivity index (χ0) is 17.2.